The minimum absolute atomic E-state index is 0. The molecule has 0 spiro atoms. The van der Waals surface area contributed by atoms with Crippen LogP contribution in [0.3, 0.4) is 0 Å². The number of benzene rings is 2. The number of hydrogen-bond donors (Lipinski definition) is 1. The van der Waals surface area contributed by atoms with Crippen molar-refractivity contribution in [1.82, 2.24) is 6.15 Å². The highest BCUT2D eigenvalue weighted by molar-refractivity contribution is 6.34. The van der Waals surface area contributed by atoms with Crippen molar-refractivity contribution in [2.75, 3.05) is 18.0 Å². The van der Waals surface area contributed by atoms with Crippen LogP contribution in [0.4, 0.5) is 18.9 Å². The van der Waals surface area contributed by atoms with Gasteiger partial charge in [0.05, 0.1) is 0 Å². The molecule has 1 heterocycles. The van der Waals surface area contributed by atoms with Gasteiger partial charge in [-0.2, -0.15) is 13.2 Å². The largest absolute Gasteiger partial charge is 0.400 e. The third kappa shape index (κ3) is 3.59. The Morgan fingerprint density at radius 1 is 1.04 bits per heavy atom. The summed E-state index contributed by atoms with van der Waals surface area (Å²) in [4.78, 5) is 1.79. The van der Waals surface area contributed by atoms with Crippen molar-refractivity contribution in [2.24, 2.45) is 0 Å². The van der Waals surface area contributed by atoms with E-state index in [4.69, 9.17) is 23.2 Å². The highest BCUT2D eigenvalue weighted by Gasteiger charge is 2.59. The lowest BCUT2D eigenvalue weighted by atomic mass is 9.79. The van der Waals surface area contributed by atoms with Crippen molar-refractivity contribution in [3.8, 4) is 0 Å². The quantitative estimate of drug-likeness (QED) is 0.665. The van der Waals surface area contributed by atoms with E-state index < -0.39 is 11.6 Å². The highest BCUT2D eigenvalue weighted by atomic mass is 35.5. The Morgan fingerprint density at radius 2 is 1.64 bits per heavy atom. The van der Waals surface area contributed by atoms with E-state index in [9.17, 15) is 13.2 Å². The van der Waals surface area contributed by atoms with E-state index in [0.29, 0.717) is 6.54 Å². The van der Waals surface area contributed by atoms with E-state index >= 15 is 0 Å². The van der Waals surface area contributed by atoms with Gasteiger partial charge in [-0.25, -0.2) is 0 Å². The third-order valence-electron chi connectivity index (χ3n) is 4.68. The number of anilines is 1. The minimum Gasteiger partial charge on any atom is -0.370 e. The zero-order valence-electron chi connectivity index (χ0n) is 13.7. The maximum Gasteiger partial charge on any atom is 0.400 e. The molecule has 25 heavy (non-hydrogen) atoms. The van der Waals surface area contributed by atoms with Gasteiger partial charge in [-0.3, -0.25) is 0 Å². The van der Waals surface area contributed by atoms with Gasteiger partial charge in [0.25, 0.3) is 0 Å². The van der Waals surface area contributed by atoms with E-state index in [1.165, 1.54) is 18.2 Å². The van der Waals surface area contributed by atoms with Crippen LogP contribution in [-0.4, -0.2) is 19.3 Å². The highest BCUT2D eigenvalue weighted by Crippen LogP contribution is 2.49. The van der Waals surface area contributed by atoms with Gasteiger partial charge in [-0.1, -0.05) is 41.4 Å². The van der Waals surface area contributed by atoms with Crippen LogP contribution in [0.1, 0.15) is 17.5 Å². The molecule has 136 valence electrons. The van der Waals surface area contributed by atoms with E-state index in [2.05, 4.69) is 0 Å². The fraction of sp³-hybridized carbons (Fsp3) is 0.333. The molecule has 3 N–H and O–H groups in total. The molecule has 1 aliphatic heterocycles. The maximum absolute atomic E-state index is 14.0. The Kier molecular flexibility index (Phi) is 5.62. The molecule has 1 aliphatic rings. The SMILES string of the molecule is Cc1ccccc1N1CCC(c2cc(Cl)cc(Cl)c2)(C(F)(F)F)C1.N. The Morgan fingerprint density at radius 3 is 2.20 bits per heavy atom. The maximum atomic E-state index is 14.0. The van der Waals surface area contributed by atoms with Crippen molar-refractivity contribution in [2.45, 2.75) is 24.9 Å². The molecule has 0 amide bonds. The zero-order valence-corrected chi connectivity index (χ0v) is 15.2. The molecule has 2 aromatic carbocycles. The Balaban J connectivity index is 0.00000225. The second-order valence-corrected chi connectivity index (χ2v) is 7.07. The van der Waals surface area contributed by atoms with Crippen LogP contribution < -0.4 is 11.1 Å². The topological polar surface area (TPSA) is 38.2 Å². The summed E-state index contributed by atoms with van der Waals surface area (Å²) in [6, 6.07) is 11.7. The number of hydrogen-bond acceptors (Lipinski definition) is 2. The predicted molar refractivity (Wildman–Crippen MR) is 97.2 cm³/mol. The van der Waals surface area contributed by atoms with Crippen LogP contribution in [-0.2, 0) is 5.41 Å². The molecule has 0 saturated carbocycles. The lowest BCUT2D eigenvalue weighted by Crippen LogP contribution is -2.45. The minimum atomic E-state index is -4.39. The van der Waals surface area contributed by atoms with Gasteiger partial charge in [0.15, 0.2) is 0 Å². The van der Waals surface area contributed by atoms with Crippen LogP contribution in [0.15, 0.2) is 42.5 Å². The van der Waals surface area contributed by atoms with Crippen LogP contribution >= 0.6 is 23.2 Å². The third-order valence-corrected chi connectivity index (χ3v) is 5.12. The summed E-state index contributed by atoms with van der Waals surface area (Å²) in [7, 11) is 0. The molecule has 1 atom stereocenters. The first kappa shape index (κ1) is 19.9. The first-order valence-electron chi connectivity index (χ1n) is 7.57. The van der Waals surface area contributed by atoms with Crippen molar-refractivity contribution < 1.29 is 13.2 Å². The fourth-order valence-electron chi connectivity index (χ4n) is 3.39. The normalized spacial score (nSPS) is 20.5. The average molecular weight is 391 g/mol. The molecule has 1 unspecified atom stereocenters. The summed E-state index contributed by atoms with van der Waals surface area (Å²) >= 11 is 11.9. The van der Waals surface area contributed by atoms with Gasteiger partial charge in [0.2, 0.25) is 0 Å². The predicted octanol–water partition coefficient (Wildman–Crippen LogP) is 6.17. The van der Waals surface area contributed by atoms with E-state index in [1.54, 1.807) is 4.90 Å². The molecule has 2 nitrogen and oxygen atoms in total. The summed E-state index contributed by atoms with van der Waals surface area (Å²) in [6.45, 7) is 2.09. The molecule has 0 aromatic heterocycles. The molecule has 0 radical (unpaired) electrons. The number of nitrogens with zero attached hydrogens (tertiary/aromatic N) is 1. The summed E-state index contributed by atoms with van der Waals surface area (Å²) in [6.07, 6.45) is -4.42. The number of aryl methyl sites for hydroxylation is 1. The number of alkyl halides is 3. The van der Waals surface area contributed by atoms with Crippen LogP contribution in [0.25, 0.3) is 0 Å². The summed E-state index contributed by atoms with van der Waals surface area (Å²) < 4.78 is 42.1. The van der Waals surface area contributed by atoms with Crippen LogP contribution in [0.5, 0.6) is 0 Å². The molecule has 3 rings (SSSR count). The Bertz CT molecular complexity index is 744. The first-order valence-corrected chi connectivity index (χ1v) is 8.32. The Hall–Kier alpha value is -1.43. The number of halogens is 5. The van der Waals surface area contributed by atoms with Gasteiger partial charge in [-0.05, 0) is 48.7 Å². The van der Waals surface area contributed by atoms with Gasteiger partial charge in [0, 0.05) is 28.8 Å². The van der Waals surface area contributed by atoms with Gasteiger partial charge in [0.1, 0.15) is 5.41 Å². The molecule has 7 heteroatoms. The Labute approximate surface area is 155 Å². The molecule has 2 aromatic rings. The van der Waals surface area contributed by atoms with Gasteiger partial charge < -0.3 is 11.1 Å². The zero-order chi connectivity index (χ0) is 17.5. The van der Waals surface area contributed by atoms with E-state index in [1.807, 2.05) is 31.2 Å². The van der Waals surface area contributed by atoms with Gasteiger partial charge >= 0.3 is 6.18 Å². The molecular weight excluding hydrogens is 372 g/mol. The van der Waals surface area contributed by atoms with Crippen molar-refractivity contribution >= 4 is 28.9 Å². The molecule has 0 bridgehead atoms. The van der Waals surface area contributed by atoms with Crippen LogP contribution in [0.2, 0.25) is 10.0 Å². The lowest BCUT2D eigenvalue weighted by Gasteiger charge is -2.33. The van der Waals surface area contributed by atoms with E-state index in [0.717, 1.165) is 11.3 Å². The number of rotatable bonds is 2. The summed E-state index contributed by atoms with van der Waals surface area (Å²) in [5, 5.41) is 0.436. The monoisotopic (exact) mass is 390 g/mol. The van der Waals surface area contributed by atoms with E-state index in [-0.39, 0.29) is 34.7 Å². The smallest absolute Gasteiger partial charge is 0.370 e. The van der Waals surface area contributed by atoms with Crippen molar-refractivity contribution in [3.05, 3.63) is 63.6 Å². The second kappa shape index (κ2) is 7.06. The molecule has 0 aliphatic carbocycles. The lowest BCUT2D eigenvalue weighted by molar-refractivity contribution is -0.184. The first-order chi connectivity index (χ1) is 11.2. The molecular formula is C18H19Cl2F3N2. The van der Waals surface area contributed by atoms with Crippen LogP contribution in [0, 0.1) is 6.92 Å². The van der Waals surface area contributed by atoms with Gasteiger partial charge in [-0.15, -0.1) is 0 Å². The fourth-order valence-corrected chi connectivity index (χ4v) is 3.92. The average Bonchev–Trinajstić information content (AvgIpc) is 2.93. The second-order valence-electron chi connectivity index (χ2n) is 6.20. The standard InChI is InChI=1S/C18H16Cl2F3N.H3N/c1-12-4-2-3-5-16(12)24-7-6-17(11-24,18(21,22)23)13-8-14(19)10-15(20)9-13;/h2-5,8-10H,6-7,11H2,1H3;1H3. The summed E-state index contributed by atoms with van der Waals surface area (Å²) in [5.74, 6) is 0. The molecule has 1 saturated heterocycles. The van der Waals surface area contributed by atoms with Crippen molar-refractivity contribution in [3.63, 3.8) is 0 Å². The number of para-hydroxylation sites is 1. The summed E-state index contributed by atoms with van der Waals surface area (Å²) in [5.41, 5.74) is -0.0518. The van der Waals surface area contributed by atoms with Crippen molar-refractivity contribution in [1.29, 1.82) is 0 Å². The molecule has 1 fully saturated rings.